The van der Waals surface area contributed by atoms with Crippen LogP contribution in [-0.2, 0) is 0 Å². The molecule has 0 aliphatic rings. The Morgan fingerprint density at radius 1 is 0.758 bits per heavy atom. The zero-order valence-electron chi connectivity index (χ0n) is 18.4. The van der Waals surface area contributed by atoms with E-state index in [9.17, 15) is 15.0 Å². The predicted octanol–water partition coefficient (Wildman–Crippen LogP) is 5.94. The number of hydrogen-bond acceptors (Lipinski definition) is 4. The third-order valence-corrected chi connectivity index (χ3v) is 5.30. The van der Waals surface area contributed by atoms with Crippen molar-refractivity contribution in [3.05, 3.63) is 112 Å². The van der Waals surface area contributed by atoms with E-state index in [1.807, 2.05) is 86.7 Å². The summed E-state index contributed by atoms with van der Waals surface area (Å²) in [4.78, 5) is 13.1. The van der Waals surface area contributed by atoms with Gasteiger partial charge in [-0.1, -0.05) is 42.5 Å². The van der Waals surface area contributed by atoms with Gasteiger partial charge in [0.05, 0.1) is 11.4 Å². The molecule has 0 amide bonds. The van der Waals surface area contributed by atoms with Crippen LogP contribution >= 0.6 is 0 Å². The van der Waals surface area contributed by atoms with Gasteiger partial charge < -0.3 is 10.2 Å². The molecule has 0 aliphatic heterocycles. The summed E-state index contributed by atoms with van der Waals surface area (Å²) < 4.78 is 1.39. The van der Waals surface area contributed by atoms with E-state index in [2.05, 4.69) is 5.10 Å². The number of carbonyl (C=O) groups excluding carboxylic acids is 1. The van der Waals surface area contributed by atoms with Crippen LogP contribution < -0.4 is 0 Å². The molecule has 0 aliphatic carbocycles. The first kappa shape index (κ1) is 21.8. The topological polar surface area (TPSA) is 75.4 Å². The Hall–Kier alpha value is -4.38. The van der Waals surface area contributed by atoms with Gasteiger partial charge in [-0.3, -0.25) is 4.79 Å². The molecular formula is C28H24N2O3. The van der Waals surface area contributed by atoms with Crippen LogP contribution in [0.15, 0.2) is 72.8 Å². The van der Waals surface area contributed by atoms with Crippen LogP contribution in [-0.4, -0.2) is 25.9 Å². The number of rotatable bonds is 5. The average Bonchev–Trinajstić information content (AvgIpc) is 3.24. The second-order valence-electron chi connectivity index (χ2n) is 7.84. The van der Waals surface area contributed by atoms with Crippen molar-refractivity contribution in [1.29, 1.82) is 0 Å². The van der Waals surface area contributed by atoms with Crippen LogP contribution in [0.5, 0.6) is 11.5 Å². The molecule has 1 aromatic heterocycles. The number of nitrogens with zero attached hydrogens (tertiary/aromatic N) is 2. The number of phenolic OH excluding ortho intramolecular Hbond substituents is 2. The van der Waals surface area contributed by atoms with Crippen molar-refractivity contribution >= 4 is 30.2 Å². The second kappa shape index (κ2) is 9.40. The van der Waals surface area contributed by atoms with E-state index in [0.717, 1.165) is 22.3 Å². The van der Waals surface area contributed by atoms with Crippen LogP contribution in [0.25, 0.3) is 24.3 Å². The molecule has 5 heteroatoms. The molecule has 1 heterocycles. The molecule has 4 rings (SSSR count). The smallest absolute Gasteiger partial charge is 0.278 e. The summed E-state index contributed by atoms with van der Waals surface area (Å²) in [5.41, 5.74) is 5.20. The van der Waals surface area contributed by atoms with Crippen LogP contribution in [0.2, 0.25) is 0 Å². The SMILES string of the molecule is Cc1cc(/C=C/c2cc(/C=C/c3ccc(O)c(C)c3)n(C(=O)c3ccccc3)n2)ccc1O. The Bertz CT molecular complexity index is 1370. The fourth-order valence-electron chi connectivity index (χ4n) is 3.41. The maximum atomic E-state index is 13.1. The minimum atomic E-state index is -0.225. The average molecular weight is 437 g/mol. The molecule has 2 N–H and O–H groups in total. The lowest BCUT2D eigenvalue weighted by Crippen LogP contribution is -2.15. The quantitative estimate of drug-likeness (QED) is 0.406. The van der Waals surface area contributed by atoms with Crippen LogP contribution in [0, 0.1) is 13.8 Å². The Labute approximate surface area is 192 Å². The molecule has 0 saturated carbocycles. The molecule has 5 nitrogen and oxygen atoms in total. The number of carbonyl (C=O) groups is 1. The van der Waals surface area contributed by atoms with Crippen LogP contribution in [0.3, 0.4) is 0 Å². The molecule has 0 spiro atoms. The highest BCUT2D eigenvalue weighted by atomic mass is 16.3. The van der Waals surface area contributed by atoms with Crippen molar-refractivity contribution in [2.75, 3.05) is 0 Å². The zero-order chi connectivity index (χ0) is 23.4. The molecule has 0 fully saturated rings. The lowest BCUT2D eigenvalue weighted by molar-refractivity contribution is 0.0944. The summed E-state index contributed by atoms with van der Waals surface area (Å²) in [6.45, 7) is 3.68. The van der Waals surface area contributed by atoms with Gasteiger partial charge in [-0.2, -0.15) is 9.78 Å². The van der Waals surface area contributed by atoms with E-state index in [0.29, 0.717) is 17.0 Å². The number of phenols is 2. The first-order valence-electron chi connectivity index (χ1n) is 10.6. The van der Waals surface area contributed by atoms with Gasteiger partial charge in [-0.25, -0.2) is 0 Å². The molecule has 4 aromatic rings. The monoisotopic (exact) mass is 436 g/mol. The van der Waals surface area contributed by atoms with Gasteiger partial charge in [0.2, 0.25) is 0 Å². The van der Waals surface area contributed by atoms with Crippen LogP contribution in [0.4, 0.5) is 0 Å². The van der Waals surface area contributed by atoms with Gasteiger partial charge in [0.15, 0.2) is 0 Å². The van der Waals surface area contributed by atoms with E-state index in [1.54, 1.807) is 24.3 Å². The third kappa shape index (κ3) is 5.10. The highest BCUT2D eigenvalue weighted by Crippen LogP contribution is 2.21. The van der Waals surface area contributed by atoms with Gasteiger partial charge in [0.25, 0.3) is 5.91 Å². The van der Waals surface area contributed by atoms with Gasteiger partial charge in [-0.15, -0.1) is 0 Å². The van der Waals surface area contributed by atoms with Gasteiger partial charge in [-0.05, 0) is 90.7 Å². The summed E-state index contributed by atoms with van der Waals surface area (Å²) in [5, 5.41) is 24.0. The van der Waals surface area contributed by atoms with Crippen molar-refractivity contribution in [1.82, 2.24) is 9.78 Å². The Kier molecular flexibility index (Phi) is 6.22. The van der Waals surface area contributed by atoms with E-state index in [-0.39, 0.29) is 17.4 Å². The minimum Gasteiger partial charge on any atom is -0.508 e. The number of hydrogen-bond donors (Lipinski definition) is 2. The zero-order valence-corrected chi connectivity index (χ0v) is 18.4. The van der Waals surface area contributed by atoms with Crippen molar-refractivity contribution in [2.24, 2.45) is 0 Å². The first-order valence-corrected chi connectivity index (χ1v) is 10.6. The number of aromatic nitrogens is 2. The van der Waals surface area contributed by atoms with E-state index < -0.39 is 0 Å². The highest BCUT2D eigenvalue weighted by Gasteiger charge is 2.14. The molecule has 0 radical (unpaired) electrons. The van der Waals surface area contributed by atoms with Crippen molar-refractivity contribution in [3.8, 4) is 11.5 Å². The fraction of sp³-hybridized carbons (Fsp3) is 0.0714. The summed E-state index contributed by atoms with van der Waals surface area (Å²) in [5.74, 6) is 0.271. The van der Waals surface area contributed by atoms with E-state index in [4.69, 9.17) is 0 Å². The van der Waals surface area contributed by atoms with Gasteiger partial charge >= 0.3 is 0 Å². The molecule has 3 aromatic carbocycles. The maximum Gasteiger partial charge on any atom is 0.278 e. The van der Waals surface area contributed by atoms with Gasteiger partial charge in [0, 0.05) is 5.56 Å². The summed E-state index contributed by atoms with van der Waals surface area (Å²) >= 11 is 0. The second-order valence-corrected chi connectivity index (χ2v) is 7.84. The Morgan fingerprint density at radius 3 is 1.91 bits per heavy atom. The molecule has 33 heavy (non-hydrogen) atoms. The molecule has 0 saturated heterocycles. The summed E-state index contributed by atoms with van der Waals surface area (Å²) in [7, 11) is 0. The van der Waals surface area contributed by atoms with Crippen molar-refractivity contribution < 1.29 is 15.0 Å². The molecule has 0 unspecified atom stereocenters. The lowest BCUT2D eigenvalue weighted by Gasteiger charge is -2.04. The predicted molar refractivity (Wildman–Crippen MR) is 132 cm³/mol. The summed E-state index contributed by atoms with van der Waals surface area (Å²) in [6.07, 6.45) is 7.45. The molecule has 0 atom stereocenters. The number of aromatic hydroxyl groups is 2. The van der Waals surface area contributed by atoms with E-state index in [1.165, 1.54) is 4.68 Å². The molecule has 164 valence electrons. The number of benzene rings is 3. The largest absolute Gasteiger partial charge is 0.508 e. The van der Waals surface area contributed by atoms with Crippen molar-refractivity contribution in [2.45, 2.75) is 13.8 Å². The van der Waals surface area contributed by atoms with Crippen LogP contribution in [0.1, 0.15) is 44.0 Å². The molecule has 0 bridgehead atoms. The minimum absolute atomic E-state index is 0.225. The normalized spacial score (nSPS) is 11.5. The third-order valence-electron chi connectivity index (χ3n) is 5.30. The molecular weight excluding hydrogens is 412 g/mol. The van der Waals surface area contributed by atoms with E-state index >= 15 is 0 Å². The standard InChI is InChI=1S/C28H24N2O3/c1-19-16-21(10-14-26(19)31)8-12-24-18-25(13-9-22-11-15-27(32)20(2)17-22)30(29-24)28(33)23-6-4-3-5-7-23/h3-18,31-32H,1-2H3/b12-8+,13-9+. The summed E-state index contributed by atoms with van der Waals surface area (Å²) in [6, 6.07) is 21.5. The Morgan fingerprint density at radius 2 is 1.33 bits per heavy atom. The van der Waals surface area contributed by atoms with Crippen molar-refractivity contribution in [3.63, 3.8) is 0 Å². The maximum absolute atomic E-state index is 13.1. The fourth-order valence-corrected chi connectivity index (χ4v) is 3.41. The first-order chi connectivity index (χ1) is 15.9. The number of aryl methyl sites for hydroxylation is 2. The lowest BCUT2D eigenvalue weighted by atomic mass is 10.1. The highest BCUT2D eigenvalue weighted by molar-refractivity contribution is 5.97. The Balaban J connectivity index is 1.70. The van der Waals surface area contributed by atoms with Gasteiger partial charge in [0.1, 0.15) is 11.5 Å².